The summed E-state index contributed by atoms with van der Waals surface area (Å²) in [6.45, 7) is 2.80. The summed E-state index contributed by atoms with van der Waals surface area (Å²) in [5.41, 5.74) is 1.02. The first-order valence-electron chi connectivity index (χ1n) is 5.41. The van der Waals surface area contributed by atoms with Crippen LogP contribution >= 0.6 is 15.9 Å². The Morgan fingerprint density at radius 3 is 2.53 bits per heavy atom. The lowest BCUT2D eigenvalue weighted by atomic mass is 10.2. The number of halogens is 1. The third-order valence-electron chi connectivity index (χ3n) is 2.36. The van der Waals surface area contributed by atoms with Crippen molar-refractivity contribution < 1.29 is 14.6 Å². The molecule has 0 atom stereocenters. The zero-order chi connectivity index (χ0) is 12.7. The predicted octanol–water partition coefficient (Wildman–Crippen LogP) is 1.87. The Hall–Kier alpha value is -1.07. The van der Waals surface area contributed by atoms with Crippen LogP contribution in [0.1, 0.15) is 17.3 Å². The molecule has 94 valence electrons. The highest BCUT2D eigenvalue weighted by atomic mass is 79.9. The first-order chi connectivity index (χ1) is 8.22. The first kappa shape index (κ1) is 14.0. The Labute approximate surface area is 109 Å². The number of alkyl halides is 1. The summed E-state index contributed by atoms with van der Waals surface area (Å²) in [6.07, 6.45) is 0. The van der Waals surface area contributed by atoms with E-state index < -0.39 is 0 Å². The predicted molar refractivity (Wildman–Crippen MR) is 69.5 cm³/mol. The Bertz CT molecular complexity index is 353. The van der Waals surface area contributed by atoms with Crippen molar-refractivity contribution >= 4 is 21.8 Å². The van der Waals surface area contributed by atoms with Crippen LogP contribution in [0.5, 0.6) is 5.75 Å². The van der Waals surface area contributed by atoms with E-state index in [2.05, 4.69) is 15.9 Å². The minimum atomic E-state index is -0.0769. The van der Waals surface area contributed by atoms with Crippen molar-refractivity contribution in [2.24, 2.45) is 0 Å². The number of amides is 1. The van der Waals surface area contributed by atoms with Gasteiger partial charge < -0.3 is 14.7 Å². The number of aliphatic hydroxyl groups is 1. The average Bonchev–Trinajstić information content (AvgIpc) is 2.36. The van der Waals surface area contributed by atoms with E-state index >= 15 is 0 Å². The summed E-state index contributed by atoms with van der Waals surface area (Å²) in [4.78, 5) is 13.6. The molecular formula is C12H16BrNO3. The molecule has 1 amide bonds. The molecule has 1 rings (SSSR count). The molecule has 0 aliphatic carbocycles. The van der Waals surface area contributed by atoms with Gasteiger partial charge in [-0.1, -0.05) is 0 Å². The Kier molecular flexibility index (Phi) is 6.00. The third kappa shape index (κ3) is 4.02. The highest BCUT2D eigenvalue weighted by Gasteiger charge is 2.13. The number of likely N-dealkylation sites (N-methyl/N-ethyl adjacent to an activating group) is 1. The van der Waals surface area contributed by atoms with Gasteiger partial charge in [-0.3, -0.25) is 4.79 Å². The minimum absolute atomic E-state index is 0.0235. The molecule has 0 saturated carbocycles. The molecule has 0 saturated heterocycles. The molecule has 0 spiro atoms. The van der Waals surface area contributed by atoms with Crippen molar-refractivity contribution in [1.82, 2.24) is 4.90 Å². The fraction of sp³-hybridized carbons (Fsp3) is 0.417. The molecule has 0 bridgehead atoms. The van der Waals surface area contributed by atoms with Crippen LogP contribution in [0.2, 0.25) is 0 Å². The number of hydrogen-bond donors (Lipinski definition) is 1. The van der Waals surface area contributed by atoms with E-state index in [1.807, 2.05) is 6.92 Å². The number of rotatable bonds is 6. The molecule has 4 nitrogen and oxygen atoms in total. The van der Waals surface area contributed by atoms with Gasteiger partial charge in [0.25, 0.3) is 5.91 Å². The second kappa shape index (κ2) is 7.29. The number of benzene rings is 1. The van der Waals surface area contributed by atoms with Crippen molar-refractivity contribution in [1.29, 1.82) is 0 Å². The standard InChI is InChI=1S/C12H16BrNO3/c1-2-14(7-8-15)12(16)10-3-5-11(6-4-10)17-9-13/h3-6,15H,2,7-9H2,1H3. The van der Waals surface area contributed by atoms with Gasteiger partial charge in [-0.2, -0.15) is 0 Å². The monoisotopic (exact) mass is 301 g/mol. The third-order valence-corrected chi connectivity index (χ3v) is 2.59. The topological polar surface area (TPSA) is 49.8 Å². The Morgan fingerprint density at radius 1 is 1.41 bits per heavy atom. The van der Waals surface area contributed by atoms with Gasteiger partial charge in [0.15, 0.2) is 0 Å². The van der Waals surface area contributed by atoms with Gasteiger partial charge >= 0.3 is 0 Å². The lowest BCUT2D eigenvalue weighted by Gasteiger charge is -2.19. The molecule has 0 unspecified atom stereocenters. The van der Waals surface area contributed by atoms with Gasteiger partial charge in [0.1, 0.15) is 11.3 Å². The number of hydrogen-bond acceptors (Lipinski definition) is 3. The number of ether oxygens (including phenoxy) is 1. The second-order valence-electron chi connectivity index (χ2n) is 3.39. The van der Waals surface area contributed by atoms with Crippen molar-refractivity contribution in [3.8, 4) is 5.75 Å². The largest absolute Gasteiger partial charge is 0.482 e. The van der Waals surface area contributed by atoms with Gasteiger partial charge in [0.2, 0.25) is 0 Å². The van der Waals surface area contributed by atoms with E-state index in [1.165, 1.54) is 0 Å². The molecule has 1 N–H and O–H groups in total. The Balaban J connectivity index is 2.74. The fourth-order valence-electron chi connectivity index (χ4n) is 1.46. The maximum absolute atomic E-state index is 12.0. The summed E-state index contributed by atoms with van der Waals surface area (Å²) in [7, 11) is 0. The maximum atomic E-state index is 12.0. The summed E-state index contributed by atoms with van der Waals surface area (Å²) >= 11 is 3.16. The van der Waals surface area contributed by atoms with Gasteiger partial charge in [-0.05, 0) is 47.1 Å². The van der Waals surface area contributed by atoms with E-state index in [1.54, 1.807) is 29.2 Å². The minimum Gasteiger partial charge on any atom is -0.482 e. The first-order valence-corrected chi connectivity index (χ1v) is 6.54. The molecule has 0 aliphatic rings. The highest BCUT2D eigenvalue weighted by Crippen LogP contribution is 2.14. The lowest BCUT2D eigenvalue weighted by Crippen LogP contribution is -2.33. The lowest BCUT2D eigenvalue weighted by molar-refractivity contribution is 0.0732. The van der Waals surface area contributed by atoms with Crippen LogP contribution in [0, 0.1) is 0 Å². The van der Waals surface area contributed by atoms with E-state index in [4.69, 9.17) is 9.84 Å². The van der Waals surface area contributed by atoms with E-state index in [9.17, 15) is 4.79 Å². The van der Waals surface area contributed by atoms with Gasteiger partial charge in [0, 0.05) is 18.7 Å². The zero-order valence-corrected chi connectivity index (χ0v) is 11.3. The number of aliphatic hydroxyl groups excluding tert-OH is 1. The fourth-order valence-corrected chi connectivity index (χ4v) is 1.73. The average molecular weight is 302 g/mol. The summed E-state index contributed by atoms with van der Waals surface area (Å²) < 4.78 is 5.23. The van der Waals surface area contributed by atoms with Crippen molar-refractivity contribution in [2.75, 3.05) is 25.2 Å². The van der Waals surface area contributed by atoms with Crippen LogP contribution in [0.25, 0.3) is 0 Å². The molecule has 5 heteroatoms. The quantitative estimate of drug-likeness (QED) is 0.816. The van der Waals surface area contributed by atoms with E-state index in [-0.39, 0.29) is 12.5 Å². The summed E-state index contributed by atoms with van der Waals surface area (Å²) in [5, 5.41) is 8.86. The number of carbonyl (C=O) groups excluding carboxylic acids is 1. The molecule has 1 aromatic rings. The van der Waals surface area contributed by atoms with Crippen LogP contribution in [0.3, 0.4) is 0 Å². The normalized spacial score (nSPS) is 10.1. The molecule has 0 aromatic heterocycles. The Morgan fingerprint density at radius 2 is 2.06 bits per heavy atom. The molecule has 1 aromatic carbocycles. The van der Waals surface area contributed by atoms with Crippen LogP contribution < -0.4 is 4.74 Å². The summed E-state index contributed by atoms with van der Waals surface area (Å²) in [5.74, 6) is 0.635. The van der Waals surface area contributed by atoms with Crippen LogP contribution in [-0.4, -0.2) is 41.1 Å². The van der Waals surface area contributed by atoms with Crippen LogP contribution in [0.15, 0.2) is 24.3 Å². The SMILES string of the molecule is CCN(CCO)C(=O)c1ccc(OCBr)cc1. The molecule has 0 aliphatic heterocycles. The zero-order valence-electron chi connectivity index (χ0n) is 9.73. The molecular weight excluding hydrogens is 286 g/mol. The van der Waals surface area contributed by atoms with Crippen molar-refractivity contribution in [3.63, 3.8) is 0 Å². The van der Waals surface area contributed by atoms with Gasteiger partial charge in [-0.25, -0.2) is 0 Å². The summed E-state index contributed by atoms with van der Waals surface area (Å²) in [6, 6.07) is 6.95. The van der Waals surface area contributed by atoms with Gasteiger partial charge in [-0.15, -0.1) is 0 Å². The smallest absolute Gasteiger partial charge is 0.253 e. The number of carbonyl (C=O) groups is 1. The van der Waals surface area contributed by atoms with Crippen molar-refractivity contribution in [3.05, 3.63) is 29.8 Å². The van der Waals surface area contributed by atoms with Gasteiger partial charge in [0.05, 0.1) is 6.61 Å². The second-order valence-corrected chi connectivity index (χ2v) is 3.84. The molecule has 0 radical (unpaired) electrons. The van der Waals surface area contributed by atoms with Crippen LogP contribution in [0.4, 0.5) is 0 Å². The molecule has 0 fully saturated rings. The van der Waals surface area contributed by atoms with Crippen LogP contribution in [-0.2, 0) is 0 Å². The molecule has 17 heavy (non-hydrogen) atoms. The van der Waals surface area contributed by atoms with E-state index in [0.29, 0.717) is 29.9 Å². The molecule has 0 heterocycles. The maximum Gasteiger partial charge on any atom is 0.253 e. The number of nitrogens with zero attached hydrogens (tertiary/aromatic N) is 1. The van der Waals surface area contributed by atoms with Crippen molar-refractivity contribution in [2.45, 2.75) is 6.92 Å². The highest BCUT2D eigenvalue weighted by molar-refractivity contribution is 9.09. The van der Waals surface area contributed by atoms with E-state index in [0.717, 1.165) is 0 Å².